The lowest BCUT2D eigenvalue weighted by Gasteiger charge is -2.16. The van der Waals surface area contributed by atoms with Gasteiger partial charge in [0.05, 0.1) is 6.54 Å². The van der Waals surface area contributed by atoms with Crippen LogP contribution in [0, 0.1) is 5.82 Å². The summed E-state index contributed by atoms with van der Waals surface area (Å²) in [6.45, 7) is 1.06. The molecule has 1 N–H and O–H groups in total. The first-order valence-electron chi connectivity index (χ1n) is 6.72. The number of hydrogen-bond donors (Lipinski definition) is 1. The number of rotatable bonds is 6. The maximum Gasteiger partial charge on any atom is 0.234 e. The third kappa shape index (κ3) is 4.96. The third-order valence-electron chi connectivity index (χ3n) is 3.02. The number of carbonyl (C=O) groups is 1. The van der Waals surface area contributed by atoms with Crippen LogP contribution in [0.2, 0.25) is 0 Å². The molecular formula is C16H18FN3O. The van der Waals surface area contributed by atoms with Gasteiger partial charge in [0.25, 0.3) is 0 Å². The van der Waals surface area contributed by atoms with E-state index in [1.807, 2.05) is 12.1 Å². The van der Waals surface area contributed by atoms with Crippen LogP contribution in [-0.2, 0) is 17.9 Å². The summed E-state index contributed by atoms with van der Waals surface area (Å²) in [7, 11) is 1.79. The van der Waals surface area contributed by atoms with Gasteiger partial charge in [-0.2, -0.15) is 0 Å². The fourth-order valence-electron chi connectivity index (χ4n) is 1.98. The van der Waals surface area contributed by atoms with Crippen molar-refractivity contribution in [2.45, 2.75) is 13.1 Å². The van der Waals surface area contributed by atoms with Crippen molar-refractivity contribution in [3.8, 4) is 0 Å². The topological polar surface area (TPSA) is 45.2 Å². The second-order valence-electron chi connectivity index (χ2n) is 4.90. The molecule has 1 aromatic heterocycles. The summed E-state index contributed by atoms with van der Waals surface area (Å²) in [6.07, 6.45) is 3.40. The molecule has 0 spiro atoms. The van der Waals surface area contributed by atoms with Crippen molar-refractivity contribution in [3.05, 3.63) is 65.7 Å². The number of halogens is 1. The molecule has 0 fully saturated rings. The van der Waals surface area contributed by atoms with Crippen molar-refractivity contribution in [3.63, 3.8) is 0 Å². The van der Waals surface area contributed by atoms with Gasteiger partial charge in [-0.1, -0.05) is 24.3 Å². The Labute approximate surface area is 123 Å². The van der Waals surface area contributed by atoms with Gasteiger partial charge in [-0.15, -0.1) is 0 Å². The molecule has 21 heavy (non-hydrogen) atoms. The van der Waals surface area contributed by atoms with E-state index < -0.39 is 0 Å². The Morgan fingerprint density at radius 2 is 2.10 bits per heavy atom. The monoisotopic (exact) mass is 287 g/mol. The van der Waals surface area contributed by atoms with Crippen molar-refractivity contribution in [1.82, 2.24) is 15.2 Å². The van der Waals surface area contributed by atoms with Crippen LogP contribution in [0.5, 0.6) is 0 Å². The highest BCUT2D eigenvalue weighted by Crippen LogP contribution is 2.08. The average Bonchev–Trinajstić information content (AvgIpc) is 2.48. The second-order valence-corrected chi connectivity index (χ2v) is 4.90. The van der Waals surface area contributed by atoms with Gasteiger partial charge in [0.2, 0.25) is 5.91 Å². The molecule has 0 bridgehead atoms. The fraction of sp³-hybridized carbons (Fsp3) is 0.250. The molecule has 5 heteroatoms. The average molecular weight is 287 g/mol. The normalized spacial score (nSPS) is 10.6. The summed E-state index contributed by atoms with van der Waals surface area (Å²) in [5, 5.41) is 2.82. The molecule has 0 aliphatic carbocycles. The third-order valence-corrected chi connectivity index (χ3v) is 3.02. The molecule has 0 atom stereocenters. The van der Waals surface area contributed by atoms with E-state index in [1.54, 1.807) is 42.5 Å². The number of benzene rings is 1. The van der Waals surface area contributed by atoms with Gasteiger partial charge >= 0.3 is 0 Å². The molecular weight excluding hydrogens is 269 g/mol. The summed E-state index contributed by atoms with van der Waals surface area (Å²) < 4.78 is 13.5. The van der Waals surface area contributed by atoms with E-state index in [0.29, 0.717) is 18.7 Å². The molecule has 2 rings (SSSR count). The Morgan fingerprint density at radius 1 is 1.29 bits per heavy atom. The molecule has 0 unspecified atom stereocenters. The predicted molar refractivity (Wildman–Crippen MR) is 78.8 cm³/mol. The van der Waals surface area contributed by atoms with Crippen LogP contribution in [0.1, 0.15) is 11.1 Å². The van der Waals surface area contributed by atoms with E-state index in [-0.39, 0.29) is 18.3 Å². The molecule has 0 aliphatic heterocycles. The minimum atomic E-state index is -0.250. The molecule has 0 aliphatic rings. The molecule has 0 saturated heterocycles. The molecule has 0 radical (unpaired) electrons. The van der Waals surface area contributed by atoms with Crippen LogP contribution in [-0.4, -0.2) is 29.4 Å². The van der Waals surface area contributed by atoms with E-state index in [4.69, 9.17) is 0 Å². The number of amides is 1. The molecule has 110 valence electrons. The number of aromatic nitrogens is 1. The van der Waals surface area contributed by atoms with Crippen LogP contribution in [0.3, 0.4) is 0 Å². The van der Waals surface area contributed by atoms with Crippen LogP contribution < -0.4 is 5.32 Å². The number of nitrogens with one attached hydrogen (secondary N) is 1. The smallest absolute Gasteiger partial charge is 0.234 e. The zero-order valence-electron chi connectivity index (χ0n) is 11.9. The Balaban J connectivity index is 1.78. The Bertz CT molecular complexity index is 589. The SMILES string of the molecule is CN(CC(=O)NCc1cccnc1)Cc1ccccc1F. The van der Waals surface area contributed by atoms with Crippen LogP contribution in [0.4, 0.5) is 4.39 Å². The molecule has 1 aromatic carbocycles. The maximum absolute atomic E-state index is 13.5. The van der Waals surface area contributed by atoms with Gasteiger partial charge in [0.1, 0.15) is 5.82 Å². The highest BCUT2D eigenvalue weighted by Gasteiger charge is 2.09. The minimum Gasteiger partial charge on any atom is -0.351 e. The molecule has 2 aromatic rings. The van der Waals surface area contributed by atoms with Gasteiger partial charge in [-0.3, -0.25) is 14.7 Å². The van der Waals surface area contributed by atoms with E-state index in [1.165, 1.54) is 6.07 Å². The minimum absolute atomic E-state index is 0.0994. The van der Waals surface area contributed by atoms with Crippen molar-refractivity contribution in [2.75, 3.05) is 13.6 Å². The number of hydrogen-bond acceptors (Lipinski definition) is 3. The van der Waals surface area contributed by atoms with Crippen LogP contribution >= 0.6 is 0 Å². The van der Waals surface area contributed by atoms with Gasteiger partial charge < -0.3 is 5.32 Å². The lowest BCUT2D eigenvalue weighted by Crippen LogP contribution is -2.34. The van der Waals surface area contributed by atoms with Crippen LogP contribution in [0.25, 0.3) is 0 Å². The van der Waals surface area contributed by atoms with Gasteiger partial charge in [-0.25, -0.2) is 4.39 Å². The highest BCUT2D eigenvalue weighted by molar-refractivity contribution is 5.77. The van der Waals surface area contributed by atoms with Crippen molar-refractivity contribution < 1.29 is 9.18 Å². The lowest BCUT2D eigenvalue weighted by atomic mass is 10.2. The second kappa shape index (κ2) is 7.50. The van der Waals surface area contributed by atoms with Gasteiger partial charge in [0.15, 0.2) is 0 Å². The standard InChI is InChI=1S/C16H18FN3O/c1-20(11-14-6-2-3-7-15(14)17)12-16(21)19-10-13-5-4-8-18-9-13/h2-9H,10-12H2,1H3,(H,19,21). The summed E-state index contributed by atoms with van der Waals surface area (Å²) in [5.74, 6) is -0.349. The van der Waals surface area contributed by atoms with Crippen molar-refractivity contribution >= 4 is 5.91 Å². The first kappa shape index (κ1) is 15.1. The molecule has 1 heterocycles. The van der Waals surface area contributed by atoms with E-state index in [9.17, 15) is 9.18 Å². The highest BCUT2D eigenvalue weighted by atomic mass is 19.1. The van der Waals surface area contributed by atoms with Crippen LogP contribution in [0.15, 0.2) is 48.8 Å². The lowest BCUT2D eigenvalue weighted by molar-refractivity contribution is -0.122. The largest absolute Gasteiger partial charge is 0.351 e. The first-order valence-corrected chi connectivity index (χ1v) is 6.72. The number of carbonyl (C=O) groups excluding carboxylic acids is 1. The first-order chi connectivity index (χ1) is 10.1. The zero-order valence-corrected chi connectivity index (χ0v) is 11.9. The van der Waals surface area contributed by atoms with Gasteiger partial charge in [0, 0.05) is 31.0 Å². The summed E-state index contributed by atoms with van der Waals surface area (Å²) in [5.41, 5.74) is 1.53. The molecule has 1 amide bonds. The molecule has 0 saturated carbocycles. The molecule has 4 nitrogen and oxygen atoms in total. The van der Waals surface area contributed by atoms with E-state index in [2.05, 4.69) is 10.3 Å². The van der Waals surface area contributed by atoms with E-state index in [0.717, 1.165) is 5.56 Å². The Morgan fingerprint density at radius 3 is 2.81 bits per heavy atom. The zero-order chi connectivity index (χ0) is 15.1. The van der Waals surface area contributed by atoms with Crippen molar-refractivity contribution in [2.24, 2.45) is 0 Å². The summed E-state index contributed by atoms with van der Waals surface area (Å²) in [6, 6.07) is 10.3. The number of nitrogens with zero attached hydrogens (tertiary/aromatic N) is 2. The van der Waals surface area contributed by atoms with E-state index >= 15 is 0 Å². The number of pyridine rings is 1. The summed E-state index contributed by atoms with van der Waals surface area (Å²) in [4.78, 5) is 17.6. The number of likely N-dealkylation sites (N-methyl/N-ethyl adjacent to an activating group) is 1. The predicted octanol–water partition coefficient (Wildman–Crippen LogP) is 1.97. The fourth-order valence-corrected chi connectivity index (χ4v) is 1.98. The quantitative estimate of drug-likeness (QED) is 0.883. The van der Waals surface area contributed by atoms with Gasteiger partial charge in [-0.05, 0) is 24.7 Å². The Hall–Kier alpha value is -2.27. The summed E-state index contributed by atoms with van der Waals surface area (Å²) >= 11 is 0. The maximum atomic E-state index is 13.5. The van der Waals surface area contributed by atoms with Crippen molar-refractivity contribution in [1.29, 1.82) is 0 Å². The Kier molecular flexibility index (Phi) is 5.40.